The number of nitrogens with one attached hydrogen (secondary N) is 1. The van der Waals surface area contributed by atoms with Gasteiger partial charge in [-0.3, -0.25) is 0 Å². The molecule has 0 aromatic rings. The van der Waals surface area contributed by atoms with E-state index in [2.05, 4.69) is 4.72 Å². The van der Waals surface area contributed by atoms with Gasteiger partial charge in [-0.1, -0.05) is 33.1 Å². The van der Waals surface area contributed by atoms with E-state index in [1.165, 1.54) is 6.42 Å². The largest absolute Gasteiger partial charge is 0.394 e. The van der Waals surface area contributed by atoms with Crippen LogP contribution in [0.4, 0.5) is 0 Å². The van der Waals surface area contributed by atoms with E-state index in [-0.39, 0.29) is 12.4 Å². The van der Waals surface area contributed by atoms with E-state index in [9.17, 15) is 13.5 Å². The predicted octanol–water partition coefficient (Wildman–Crippen LogP) is 2.04. The van der Waals surface area contributed by atoms with Gasteiger partial charge in [0, 0.05) is 0 Å². The van der Waals surface area contributed by atoms with Crippen LogP contribution in [0.2, 0.25) is 0 Å². The number of aliphatic hydroxyl groups is 1. The number of hydrogen-bond acceptors (Lipinski definition) is 3. The highest BCUT2D eigenvalue weighted by Gasteiger charge is 2.32. The van der Waals surface area contributed by atoms with Crippen molar-refractivity contribution >= 4 is 10.0 Å². The fourth-order valence-corrected chi connectivity index (χ4v) is 4.74. The Bertz CT molecular complexity index is 322. The molecule has 1 rings (SSSR count). The van der Waals surface area contributed by atoms with Crippen LogP contribution in [0.15, 0.2) is 0 Å². The Balaban J connectivity index is 2.62. The van der Waals surface area contributed by atoms with Gasteiger partial charge in [0.05, 0.1) is 17.9 Å². The van der Waals surface area contributed by atoms with Crippen molar-refractivity contribution in [1.82, 2.24) is 4.72 Å². The maximum absolute atomic E-state index is 12.2. The van der Waals surface area contributed by atoms with Crippen molar-refractivity contribution < 1.29 is 13.5 Å². The van der Waals surface area contributed by atoms with Crippen molar-refractivity contribution in [2.45, 2.75) is 64.3 Å². The smallest absolute Gasteiger partial charge is 0.212 e. The molecule has 0 radical (unpaired) electrons. The Labute approximate surface area is 111 Å². The Morgan fingerprint density at radius 2 is 1.72 bits per heavy atom. The molecular weight excluding hydrogens is 250 g/mol. The average molecular weight is 277 g/mol. The lowest BCUT2D eigenvalue weighted by Crippen LogP contribution is -2.51. The van der Waals surface area contributed by atoms with E-state index in [0.717, 1.165) is 25.7 Å². The summed E-state index contributed by atoms with van der Waals surface area (Å²) in [4.78, 5) is 0. The second kappa shape index (κ2) is 6.87. The van der Waals surface area contributed by atoms with E-state index in [1.807, 2.05) is 13.8 Å². The molecule has 0 aliphatic heterocycles. The van der Waals surface area contributed by atoms with Gasteiger partial charge in [0.2, 0.25) is 10.0 Å². The highest BCUT2D eigenvalue weighted by atomic mass is 32.2. The molecule has 1 aliphatic carbocycles. The Morgan fingerprint density at radius 1 is 1.17 bits per heavy atom. The highest BCUT2D eigenvalue weighted by molar-refractivity contribution is 7.89. The van der Waals surface area contributed by atoms with Crippen LogP contribution in [-0.4, -0.2) is 31.4 Å². The first kappa shape index (κ1) is 15.9. The minimum atomic E-state index is -3.29. The summed E-state index contributed by atoms with van der Waals surface area (Å²) in [6.07, 6.45) is 6.79. The van der Waals surface area contributed by atoms with E-state index >= 15 is 0 Å². The Morgan fingerprint density at radius 3 is 2.17 bits per heavy atom. The molecule has 0 unspecified atom stereocenters. The minimum absolute atomic E-state index is 0.135. The van der Waals surface area contributed by atoms with Crippen LogP contribution in [0.25, 0.3) is 0 Å². The number of sulfonamides is 1. The molecule has 0 heterocycles. The summed E-state index contributed by atoms with van der Waals surface area (Å²) >= 11 is 0. The zero-order valence-corrected chi connectivity index (χ0v) is 12.4. The van der Waals surface area contributed by atoms with Crippen LogP contribution in [0.5, 0.6) is 0 Å². The van der Waals surface area contributed by atoms with Gasteiger partial charge in [-0.05, 0) is 31.6 Å². The first-order chi connectivity index (χ1) is 8.47. The molecule has 2 N–H and O–H groups in total. The zero-order chi connectivity index (χ0) is 13.6. The third kappa shape index (κ3) is 4.52. The molecule has 0 atom stereocenters. The maximum Gasteiger partial charge on any atom is 0.212 e. The van der Waals surface area contributed by atoms with Gasteiger partial charge in [-0.2, -0.15) is 0 Å². The van der Waals surface area contributed by atoms with Crippen molar-refractivity contribution in [3.8, 4) is 0 Å². The van der Waals surface area contributed by atoms with Gasteiger partial charge in [0.25, 0.3) is 0 Å². The first-order valence-corrected chi connectivity index (χ1v) is 8.74. The predicted molar refractivity (Wildman–Crippen MR) is 73.9 cm³/mol. The molecular formula is C13H27NO3S. The lowest BCUT2D eigenvalue weighted by Gasteiger charge is -2.31. The molecule has 108 valence electrons. The van der Waals surface area contributed by atoms with Gasteiger partial charge in [-0.15, -0.1) is 0 Å². The average Bonchev–Trinajstić information content (AvgIpc) is 2.37. The van der Waals surface area contributed by atoms with Crippen LogP contribution in [-0.2, 0) is 10.0 Å². The molecule has 0 spiro atoms. The molecule has 0 bridgehead atoms. The number of hydrogen-bond donors (Lipinski definition) is 2. The fourth-order valence-electron chi connectivity index (χ4n) is 2.69. The standard InChI is InChI=1S/C13H27NO3S/c1-3-13(4-2,11-15)14-18(16,17)10-12-8-6-5-7-9-12/h12,14-15H,3-11H2,1-2H3. The van der Waals surface area contributed by atoms with E-state index in [1.54, 1.807) is 0 Å². The van der Waals surface area contributed by atoms with Crippen molar-refractivity contribution in [2.75, 3.05) is 12.4 Å². The third-order valence-electron chi connectivity index (χ3n) is 4.21. The van der Waals surface area contributed by atoms with Gasteiger partial charge >= 0.3 is 0 Å². The third-order valence-corrected chi connectivity index (χ3v) is 5.86. The Hall–Kier alpha value is -0.130. The van der Waals surface area contributed by atoms with Crippen LogP contribution in [0, 0.1) is 5.92 Å². The highest BCUT2D eigenvalue weighted by Crippen LogP contribution is 2.25. The van der Waals surface area contributed by atoms with Crippen molar-refractivity contribution in [2.24, 2.45) is 5.92 Å². The van der Waals surface area contributed by atoms with Crippen LogP contribution < -0.4 is 4.72 Å². The molecule has 4 nitrogen and oxygen atoms in total. The molecule has 5 heteroatoms. The zero-order valence-electron chi connectivity index (χ0n) is 11.6. The van der Waals surface area contributed by atoms with Gasteiger partial charge in [0.1, 0.15) is 0 Å². The van der Waals surface area contributed by atoms with Crippen molar-refractivity contribution in [3.63, 3.8) is 0 Å². The van der Waals surface area contributed by atoms with Gasteiger partial charge in [-0.25, -0.2) is 13.1 Å². The summed E-state index contributed by atoms with van der Waals surface area (Å²) in [7, 11) is -3.29. The van der Waals surface area contributed by atoms with Crippen molar-refractivity contribution in [3.05, 3.63) is 0 Å². The topological polar surface area (TPSA) is 66.4 Å². The summed E-state index contributed by atoms with van der Waals surface area (Å²) < 4.78 is 27.1. The maximum atomic E-state index is 12.2. The minimum Gasteiger partial charge on any atom is -0.394 e. The molecule has 0 aromatic heterocycles. The summed E-state index contributed by atoms with van der Waals surface area (Å²) in [5.74, 6) is 0.510. The van der Waals surface area contributed by atoms with E-state index in [4.69, 9.17) is 0 Å². The molecule has 1 aliphatic rings. The second-order valence-electron chi connectivity index (χ2n) is 5.53. The van der Waals surface area contributed by atoms with Gasteiger partial charge in [0.15, 0.2) is 0 Å². The molecule has 1 fully saturated rings. The second-order valence-corrected chi connectivity index (χ2v) is 7.30. The van der Waals surface area contributed by atoms with Crippen LogP contribution in [0.3, 0.4) is 0 Å². The Kier molecular flexibility index (Phi) is 6.08. The van der Waals surface area contributed by atoms with E-state index < -0.39 is 15.6 Å². The molecule has 18 heavy (non-hydrogen) atoms. The SMILES string of the molecule is CCC(CC)(CO)NS(=O)(=O)CC1CCCCC1. The number of rotatable bonds is 7. The summed E-state index contributed by atoms with van der Waals surface area (Å²) in [6, 6.07) is 0. The molecule has 0 amide bonds. The lowest BCUT2D eigenvalue weighted by molar-refractivity contribution is 0.172. The summed E-state index contributed by atoms with van der Waals surface area (Å²) in [5.41, 5.74) is -0.673. The quantitative estimate of drug-likeness (QED) is 0.748. The van der Waals surface area contributed by atoms with E-state index in [0.29, 0.717) is 18.8 Å². The first-order valence-electron chi connectivity index (χ1n) is 7.09. The lowest BCUT2D eigenvalue weighted by atomic mass is 9.91. The van der Waals surface area contributed by atoms with Gasteiger partial charge < -0.3 is 5.11 Å². The molecule has 1 saturated carbocycles. The van der Waals surface area contributed by atoms with Crippen LogP contribution in [0.1, 0.15) is 58.8 Å². The number of aliphatic hydroxyl groups excluding tert-OH is 1. The summed E-state index contributed by atoms with van der Waals surface area (Å²) in [6.45, 7) is 3.68. The summed E-state index contributed by atoms with van der Waals surface area (Å²) in [5, 5.41) is 9.42. The normalized spacial score (nSPS) is 19.1. The molecule has 0 aromatic carbocycles. The fraction of sp³-hybridized carbons (Fsp3) is 1.00. The van der Waals surface area contributed by atoms with Crippen LogP contribution >= 0.6 is 0 Å². The monoisotopic (exact) mass is 277 g/mol. The molecule has 0 saturated heterocycles. The van der Waals surface area contributed by atoms with Crippen molar-refractivity contribution in [1.29, 1.82) is 0 Å².